The smallest absolute Gasteiger partial charge is 0.270 e. The number of hydrogen-bond acceptors (Lipinski definition) is 2. The first-order chi connectivity index (χ1) is 11.1. The monoisotopic (exact) mass is 314 g/mol. The van der Waals surface area contributed by atoms with E-state index in [2.05, 4.69) is 15.6 Å². The lowest BCUT2D eigenvalue weighted by molar-refractivity contribution is 0.0669. The molecule has 6 heteroatoms. The van der Waals surface area contributed by atoms with E-state index in [0.717, 1.165) is 37.9 Å². The molecule has 3 rings (SSSR count). The Balaban J connectivity index is 1.91. The van der Waals surface area contributed by atoms with Gasteiger partial charge >= 0.3 is 0 Å². The second-order valence-corrected chi connectivity index (χ2v) is 6.07. The first-order valence-corrected chi connectivity index (χ1v) is 7.98. The van der Waals surface area contributed by atoms with Crippen LogP contribution in [0.3, 0.4) is 0 Å². The summed E-state index contributed by atoms with van der Waals surface area (Å²) in [6.07, 6.45) is 7.68. The fraction of sp³-hybridized carbons (Fsp3) is 0.412. The maximum atomic E-state index is 12.9. The lowest BCUT2D eigenvalue weighted by Crippen LogP contribution is -2.35. The number of aromatic amines is 1. The Kier molecular flexibility index (Phi) is 4.23. The van der Waals surface area contributed by atoms with Crippen LogP contribution in [-0.4, -0.2) is 32.8 Å². The van der Waals surface area contributed by atoms with E-state index in [1.807, 2.05) is 24.2 Å². The highest BCUT2D eigenvalue weighted by molar-refractivity contribution is 5.98. The molecule has 1 atom stereocenters. The number of aryl methyl sites for hydroxylation is 1. The molecule has 2 amide bonds. The third-order valence-corrected chi connectivity index (χ3v) is 4.54. The number of nitrogens with zero attached hydrogens (tertiary/aromatic N) is 2. The fourth-order valence-electron chi connectivity index (χ4n) is 3.29. The third-order valence-electron chi connectivity index (χ3n) is 4.54. The van der Waals surface area contributed by atoms with Crippen LogP contribution in [0.2, 0.25) is 0 Å². The largest absolute Gasteiger partial charge is 0.366 e. The molecule has 122 valence electrons. The van der Waals surface area contributed by atoms with E-state index < -0.39 is 5.91 Å². The molecule has 3 N–H and O–H groups in total. The van der Waals surface area contributed by atoms with Crippen LogP contribution in [0, 0.1) is 0 Å². The van der Waals surface area contributed by atoms with Crippen LogP contribution in [-0.2, 0) is 7.05 Å². The minimum absolute atomic E-state index is 0.0605. The van der Waals surface area contributed by atoms with Gasteiger partial charge in [-0.15, -0.1) is 0 Å². The number of nitrogens with two attached hydrogens (primary N) is 1. The average Bonchev–Trinajstić information content (AvgIpc) is 3.11. The van der Waals surface area contributed by atoms with E-state index in [1.165, 1.54) is 12.3 Å². The average molecular weight is 314 g/mol. The van der Waals surface area contributed by atoms with Gasteiger partial charge in [0.15, 0.2) is 0 Å². The van der Waals surface area contributed by atoms with Crippen molar-refractivity contribution < 1.29 is 9.59 Å². The van der Waals surface area contributed by atoms with E-state index in [0.29, 0.717) is 11.3 Å². The zero-order chi connectivity index (χ0) is 16.4. The van der Waals surface area contributed by atoms with Crippen molar-refractivity contribution in [2.45, 2.75) is 31.7 Å². The topological polar surface area (TPSA) is 84.1 Å². The van der Waals surface area contributed by atoms with Crippen LogP contribution in [0.15, 0.2) is 30.6 Å². The number of carbonyl (C=O) groups is 2. The Labute approximate surface area is 135 Å². The van der Waals surface area contributed by atoms with E-state index in [4.69, 9.17) is 5.73 Å². The summed E-state index contributed by atoms with van der Waals surface area (Å²) in [5, 5.41) is 0. The summed E-state index contributed by atoms with van der Waals surface area (Å²) in [6.45, 7) is 0.722. The normalized spacial score (nSPS) is 18.7. The molecule has 2 aromatic rings. The van der Waals surface area contributed by atoms with Crippen molar-refractivity contribution in [3.05, 3.63) is 47.5 Å². The highest BCUT2D eigenvalue weighted by Crippen LogP contribution is 2.31. The Bertz CT molecular complexity index is 716. The molecule has 0 spiro atoms. The quantitative estimate of drug-likeness (QED) is 0.910. The van der Waals surface area contributed by atoms with Gasteiger partial charge in [0.25, 0.3) is 5.91 Å². The number of rotatable bonds is 3. The van der Waals surface area contributed by atoms with E-state index in [9.17, 15) is 9.59 Å². The SMILES string of the molecule is Cn1cccc1C1CCCCCN1C(=O)c1cc(C(N)=O)c[nH]1. The minimum Gasteiger partial charge on any atom is -0.366 e. The van der Waals surface area contributed by atoms with E-state index in [-0.39, 0.29) is 11.9 Å². The molecule has 0 saturated carbocycles. The molecule has 1 saturated heterocycles. The van der Waals surface area contributed by atoms with Gasteiger partial charge in [0.1, 0.15) is 5.69 Å². The van der Waals surface area contributed by atoms with Crippen LogP contribution in [0.25, 0.3) is 0 Å². The zero-order valence-corrected chi connectivity index (χ0v) is 13.3. The van der Waals surface area contributed by atoms with Gasteiger partial charge in [0.05, 0.1) is 11.6 Å². The van der Waals surface area contributed by atoms with Crippen molar-refractivity contribution in [1.82, 2.24) is 14.5 Å². The summed E-state index contributed by atoms with van der Waals surface area (Å²) in [7, 11) is 2.00. The van der Waals surface area contributed by atoms with Crippen LogP contribution in [0.5, 0.6) is 0 Å². The minimum atomic E-state index is -0.532. The third kappa shape index (κ3) is 3.02. The number of likely N-dealkylation sites (tertiary alicyclic amines) is 1. The van der Waals surface area contributed by atoms with Crippen LogP contribution < -0.4 is 5.73 Å². The molecule has 1 unspecified atom stereocenters. The molecule has 2 aromatic heterocycles. The Morgan fingerprint density at radius 3 is 2.78 bits per heavy atom. The predicted octanol–water partition coefficient (Wildman–Crippen LogP) is 2.21. The van der Waals surface area contributed by atoms with Gasteiger partial charge in [-0.1, -0.05) is 12.8 Å². The van der Waals surface area contributed by atoms with Gasteiger partial charge in [-0.2, -0.15) is 0 Å². The highest BCUT2D eigenvalue weighted by atomic mass is 16.2. The van der Waals surface area contributed by atoms with E-state index >= 15 is 0 Å². The molecular formula is C17H22N4O2. The van der Waals surface area contributed by atoms with Gasteiger partial charge < -0.3 is 20.2 Å². The molecule has 23 heavy (non-hydrogen) atoms. The molecule has 0 radical (unpaired) electrons. The lowest BCUT2D eigenvalue weighted by Gasteiger charge is -2.30. The second-order valence-electron chi connectivity index (χ2n) is 6.07. The number of nitrogens with one attached hydrogen (secondary N) is 1. The predicted molar refractivity (Wildman–Crippen MR) is 87.0 cm³/mol. The number of carbonyl (C=O) groups excluding carboxylic acids is 2. The van der Waals surface area contributed by atoms with Gasteiger partial charge in [0, 0.05) is 31.7 Å². The van der Waals surface area contributed by atoms with Crippen molar-refractivity contribution in [3.8, 4) is 0 Å². The van der Waals surface area contributed by atoms with Gasteiger partial charge in [0.2, 0.25) is 5.91 Å². The molecular weight excluding hydrogens is 292 g/mol. The van der Waals surface area contributed by atoms with Crippen molar-refractivity contribution in [3.63, 3.8) is 0 Å². The number of hydrogen-bond donors (Lipinski definition) is 2. The molecule has 0 aromatic carbocycles. The summed E-state index contributed by atoms with van der Waals surface area (Å²) < 4.78 is 2.07. The molecule has 6 nitrogen and oxygen atoms in total. The molecule has 1 aliphatic heterocycles. The maximum Gasteiger partial charge on any atom is 0.270 e. The van der Waals surface area contributed by atoms with Crippen molar-refractivity contribution in [1.29, 1.82) is 0 Å². The Hall–Kier alpha value is -2.50. The van der Waals surface area contributed by atoms with Gasteiger partial charge in [-0.25, -0.2) is 0 Å². The first kappa shape index (κ1) is 15.4. The molecule has 0 bridgehead atoms. The highest BCUT2D eigenvalue weighted by Gasteiger charge is 2.29. The summed E-state index contributed by atoms with van der Waals surface area (Å²) in [6, 6.07) is 5.67. The summed E-state index contributed by atoms with van der Waals surface area (Å²) in [5.41, 5.74) is 7.16. The Morgan fingerprint density at radius 1 is 1.30 bits per heavy atom. The zero-order valence-electron chi connectivity index (χ0n) is 13.3. The maximum absolute atomic E-state index is 12.9. The standard InChI is InChI=1S/C17H22N4O2/c1-20-8-5-7-14(20)15-6-3-2-4-9-21(15)17(23)13-10-12(11-19-13)16(18)22/h5,7-8,10-11,15,19H,2-4,6,9H2,1H3,(H2,18,22). The van der Waals surface area contributed by atoms with Crippen LogP contribution in [0.1, 0.15) is 58.3 Å². The Morgan fingerprint density at radius 2 is 2.13 bits per heavy atom. The lowest BCUT2D eigenvalue weighted by atomic mass is 10.1. The number of aromatic nitrogens is 2. The molecule has 3 heterocycles. The molecule has 1 aliphatic rings. The second kappa shape index (κ2) is 6.32. The van der Waals surface area contributed by atoms with Crippen molar-refractivity contribution >= 4 is 11.8 Å². The summed E-state index contributed by atoms with van der Waals surface area (Å²) in [4.78, 5) is 29.0. The summed E-state index contributed by atoms with van der Waals surface area (Å²) >= 11 is 0. The molecule has 1 fully saturated rings. The van der Waals surface area contributed by atoms with Gasteiger partial charge in [-0.3, -0.25) is 9.59 Å². The molecule has 0 aliphatic carbocycles. The first-order valence-electron chi connectivity index (χ1n) is 7.98. The van der Waals surface area contributed by atoms with Crippen LogP contribution in [0.4, 0.5) is 0 Å². The summed E-state index contributed by atoms with van der Waals surface area (Å²) in [5.74, 6) is -0.610. The number of amides is 2. The van der Waals surface area contributed by atoms with Crippen molar-refractivity contribution in [2.24, 2.45) is 12.8 Å². The number of primary amides is 1. The number of H-pyrrole nitrogens is 1. The van der Waals surface area contributed by atoms with Crippen molar-refractivity contribution in [2.75, 3.05) is 6.54 Å². The fourth-order valence-corrected chi connectivity index (χ4v) is 3.29. The van der Waals surface area contributed by atoms with Gasteiger partial charge in [-0.05, 0) is 31.0 Å². The van der Waals surface area contributed by atoms with Crippen LogP contribution >= 0.6 is 0 Å². The van der Waals surface area contributed by atoms with E-state index in [1.54, 1.807) is 0 Å².